The number of hydrogen-bond donors (Lipinski definition) is 0. The van der Waals surface area contributed by atoms with Crippen LogP contribution in [0.4, 0.5) is 0 Å². The zero-order valence-corrected chi connectivity index (χ0v) is 13.0. The number of nitrogens with zero attached hydrogens (tertiary/aromatic N) is 1. The highest BCUT2D eigenvalue weighted by molar-refractivity contribution is 5.98. The molecule has 0 N–H and O–H groups in total. The Balaban J connectivity index is 1.82. The number of fused-ring (bicyclic) bond motifs is 1. The van der Waals surface area contributed by atoms with E-state index in [0.29, 0.717) is 0 Å². The van der Waals surface area contributed by atoms with Gasteiger partial charge in [-0.05, 0) is 61.8 Å². The van der Waals surface area contributed by atoms with Crippen molar-refractivity contribution in [3.05, 3.63) is 64.4 Å². The fraction of sp³-hybridized carbons (Fsp3) is 0.350. The van der Waals surface area contributed by atoms with Gasteiger partial charge >= 0.3 is 0 Å². The topological polar surface area (TPSA) is 12.4 Å². The van der Waals surface area contributed by atoms with Gasteiger partial charge in [0.1, 0.15) is 0 Å². The molecule has 108 valence electrons. The molecule has 1 aliphatic heterocycles. The molecule has 0 aromatic heterocycles. The molecule has 21 heavy (non-hydrogen) atoms. The molecule has 0 radical (unpaired) electrons. The average molecular weight is 277 g/mol. The molecule has 3 rings (SSSR count). The van der Waals surface area contributed by atoms with Crippen molar-refractivity contribution in [1.82, 2.24) is 0 Å². The maximum absolute atomic E-state index is 4.78. The van der Waals surface area contributed by atoms with Crippen molar-refractivity contribution in [1.29, 1.82) is 0 Å². The van der Waals surface area contributed by atoms with Crippen molar-refractivity contribution < 1.29 is 0 Å². The standard InChI is InChI=1S/C20H23N/c1-15-7-6-10-20(21-16(15)2)14-17-11-12-18-8-4-3-5-9-19(18)13-17/h4,7-8,10-13H,3,5-6,9,14H2,1-2H3. The lowest BCUT2D eigenvalue weighted by Gasteiger charge is -2.08. The molecule has 1 heterocycles. The van der Waals surface area contributed by atoms with E-state index in [1.807, 2.05) is 0 Å². The summed E-state index contributed by atoms with van der Waals surface area (Å²) in [7, 11) is 0. The summed E-state index contributed by atoms with van der Waals surface area (Å²) in [5.41, 5.74) is 7.91. The Bertz CT molecular complexity index is 656. The first kappa shape index (κ1) is 14.1. The van der Waals surface area contributed by atoms with Gasteiger partial charge in [0.15, 0.2) is 0 Å². The summed E-state index contributed by atoms with van der Waals surface area (Å²) in [6, 6.07) is 6.90. The monoisotopic (exact) mass is 277 g/mol. The van der Waals surface area contributed by atoms with Crippen LogP contribution in [0.2, 0.25) is 0 Å². The van der Waals surface area contributed by atoms with E-state index in [2.05, 4.69) is 56.4 Å². The molecule has 0 saturated heterocycles. The second kappa shape index (κ2) is 6.26. The number of benzene rings is 1. The number of allylic oxidation sites excluding steroid dienone is 5. The van der Waals surface area contributed by atoms with E-state index in [1.54, 1.807) is 0 Å². The van der Waals surface area contributed by atoms with E-state index in [4.69, 9.17) is 4.99 Å². The molecule has 1 aromatic carbocycles. The third kappa shape index (κ3) is 3.41. The SMILES string of the molecule is CC1=CCC=C(Cc2ccc3c(c2)CCCC=C3)N=C1C. The van der Waals surface area contributed by atoms with E-state index in [9.17, 15) is 0 Å². The zero-order valence-electron chi connectivity index (χ0n) is 13.0. The quantitative estimate of drug-likeness (QED) is 0.698. The molecule has 0 atom stereocenters. The van der Waals surface area contributed by atoms with Crippen LogP contribution >= 0.6 is 0 Å². The van der Waals surface area contributed by atoms with Gasteiger partial charge < -0.3 is 0 Å². The van der Waals surface area contributed by atoms with Gasteiger partial charge in [-0.1, -0.05) is 42.5 Å². The number of rotatable bonds is 2. The van der Waals surface area contributed by atoms with Crippen molar-refractivity contribution in [2.45, 2.75) is 46.0 Å². The Hall–Kier alpha value is -1.89. The normalized spacial score (nSPS) is 18.1. The van der Waals surface area contributed by atoms with Crippen LogP contribution in [0.15, 0.2) is 52.7 Å². The summed E-state index contributed by atoms with van der Waals surface area (Å²) in [6.45, 7) is 4.25. The fourth-order valence-corrected chi connectivity index (χ4v) is 2.96. The van der Waals surface area contributed by atoms with Crippen molar-refractivity contribution >= 4 is 11.8 Å². The van der Waals surface area contributed by atoms with Crippen LogP contribution in [0, 0.1) is 0 Å². The molecular formula is C20H23N. The largest absolute Gasteiger partial charge is 0.258 e. The fourth-order valence-electron chi connectivity index (χ4n) is 2.96. The molecule has 2 aliphatic rings. The van der Waals surface area contributed by atoms with Crippen LogP contribution in [0.1, 0.15) is 49.8 Å². The van der Waals surface area contributed by atoms with Crippen LogP contribution in [0.5, 0.6) is 0 Å². The highest BCUT2D eigenvalue weighted by atomic mass is 14.8. The molecule has 1 heteroatoms. The van der Waals surface area contributed by atoms with E-state index >= 15 is 0 Å². The zero-order chi connectivity index (χ0) is 14.7. The van der Waals surface area contributed by atoms with Crippen LogP contribution in [0.3, 0.4) is 0 Å². The molecule has 0 amide bonds. The molecule has 0 unspecified atom stereocenters. The summed E-state index contributed by atoms with van der Waals surface area (Å²) < 4.78 is 0. The highest BCUT2D eigenvalue weighted by Crippen LogP contribution is 2.22. The molecule has 0 spiro atoms. The summed E-state index contributed by atoms with van der Waals surface area (Å²) >= 11 is 0. The molecule has 1 aromatic rings. The lowest BCUT2D eigenvalue weighted by atomic mass is 9.99. The van der Waals surface area contributed by atoms with Gasteiger partial charge in [-0.25, -0.2) is 0 Å². The summed E-state index contributed by atoms with van der Waals surface area (Å²) in [5, 5.41) is 0. The molecule has 0 bridgehead atoms. The molecule has 1 nitrogen and oxygen atoms in total. The van der Waals surface area contributed by atoms with Gasteiger partial charge in [-0.3, -0.25) is 4.99 Å². The number of aliphatic imine (C=N–C) groups is 1. The number of aryl methyl sites for hydroxylation is 1. The second-order valence-corrected chi connectivity index (χ2v) is 6.02. The van der Waals surface area contributed by atoms with Gasteiger partial charge in [0, 0.05) is 17.8 Å². The average Bonchev–Trinajstić information content (AvgIpc) is 2.79. The Labute approximate surface area is 127 Å². The third-order valence-electron chi connectivity index (χ3n) is 4.37. The first-order valence-corrected chi connectivity index (χ1v) is 7.92. The Morgan fingerprint density at radius 2 is 2.05 bits per heavy atom. The lowest BCUT2D eigenvalue weighted by molar-refractivity contribution is 0.849. The molecular weight excluding hydrogens is 254 g/mol. The van der Waals surface area contributed by atoms with Gasteiger partial charge in [-0.2, -0.15) is 0 Å². The van der Waals surface area contributed by atoms with Gasteiger partial charge in [0.25, 0.3) is 0 Å². The van der Waals surface area contributed by atoms with Crippen LogP contribution in [-0.2, 0) is 12.8 Å². The van der Waals surface area contributed by atoms with Crippen molar-refractivity contribution in [3.8, 4) is 0 Å². The van der Waals surface area contributed by atoms with E-state index in [-0.39, 0.29) is 0 Å². The molecule has 0 saturated carbocycles. The maximum atomic E-state index is 4.78. The van der Waals surface area contributed by atoms with Crippen LogP contribution in [0.25, 0.3) is 6.08 Å². The minimum atomic E-state index is 0.940. The summed E-state index contributed by atoms with van der Waals surface area (Å²) in [6.07, 6.45) is 14.7. The van der Waals surface area contributed by atoms with Crippen molar-refractivity contribution in [3.63, 3.8) is 0 Å². The number of hydrogen-bond acceptors (Lipinski definition) is 1. The first-order chi connectivity index (χ1) is 10.2. The lowest BCUT2D eigenvalue weighted by Crippen LogP contribution is -1.96. The first-order valence-electron chi connectivity index (χ1n) is 7.92. The van der Waals surface area contributed by atoms with E-state index < -0.39 is 0 Å². The third-order valence-corrected chi connectivity index (χ3v) is 4.37. The smallest absolute Gasteiger partial charge is 0.0414 e. The molecule has 0 fully saturated rings. The van der Waals surface area contributed by atoms with Gasteiger partial charge in [0.05, 0.1) is 0 Å². The van der Waals surface area contributed by atoms with Crippen LogP contribution in [-0.4, -0.2) is 5.71 Å². The Kier molecular flexibility index (Phi) is 4.19. The second-order valence-electron chi connectivity index (χ2n) is 6.02. The predicted molar refractivity (Wildman–Crippen MR) is 91.7 cm³/mol. The van der Waals surface area contributed by atoms with Crippen molar-refractivity contribution in [2.75, 3.05) is 0 Å². The Morgan fingerprint density at radius 1 is 1.14 bits per heavy atom. The minimum Gasteiger partial charge on any atom is -0.258 e. The highest BCUT2D eigenvalue weighted by Gasteiger charge is 2.08. The van der Waals surface area contributed by atoms with Crippen molar-refractivity contribution in [2.24, 2.45) is 4.99 Å². The van der Waals surface area contributed by atoms with E-state index in [0.717, 1.165) is 18.6 Å². The summed E-state index contributed by atoms with van der Waals surface area (Å²) in [4.78, 5) is 4.78. The maximum Gasteiger partial charge on any atom is 0.0414 e. The van der Waals surface area contributed by atoms with E-state index in [1.165, 1.54) is 47.2 Å². The van der Waals surface area contributed by atoms with Gasteiger partial charge in [0.2, 0.25) is 0 Å². The molecule has 1 aliphatic carbocycles. The summed E-state index contributed by atoms with van der Waals surface area (Å²) in [5.74, 6) is 0. The van der Waals surface area contributed by atoms with Gasteiger partial charge in [-0.15, -0.1) is 0 Å². The predicted octanol–water partition coefficient (Wildman–Crippen LogP) is 5.27. The Morgan fingerprint density at radius 3 is 2.95 bits per heavy atom. The minimum absolute atomic E-state index is 0.940. The van der Waals surface area contributed by atoms with Crippen LogP contribution < -0.4 is 0 Å².